The highest BCUT2D eigenvalue weighted by atomic mass is 16.5. The monoisotopic (exact) mass is 315 g/mol. The first kappa shape index (κ1) is 15.1. The van der Waals surface area contributed by atoms with E-state index in [1.807, 2.05) is 24.3 Å². The molecule has 3 rings (SSSR count). The molecule has 120 valence electrons. The van der Waals surface area contributed by atoms with Gasteiger partial charge in [0.25, 0.3) is 0 Å². The number of carbonyl (C=O) groups excluding carboxylic acids is 1. The van der Waals surface area contributed by atoms with Crippen LogP contribution in [-0.2, 0) is 21.5 Å². The molecule has 7 nitrogen and oxygen atoms in total. The average molecular weight is 315 g/mol. The summed E-state index contributed by atoms with van der Waals surface area (Å²) >= 11 is 0. The van der Waals surface area contributed by atoms with Crippen LogP contribution in [-0.4, -0.2) is 33.9 Å². The summed E-state index contributed by atoms with van der Waals surface area (Å²) in [7, 11) is 1.58. The molecule has 0 saturated heterocycles. The molecule has 1 aromatic heterocycles. The first-order chi connectivity index (χ1) is 11.0. The summed E-state index contributed by atoms with van der Waals surface area (Å²) < 4.78 is 6.62. The minimum Gasteiger partial charge on any atom is -0.496 e. The summed E-state index contributed by atoms with van der Waals surface area (Å²) in [5.74, 6) is -0.102. The predicted octanol–water partition coefficient (Wildman–Crippen LogP) is 1.65. The van der Waals surface area contributed by atoms with Crippen molar-refractivity contribution in [3.05, 3.63) is 42.1 Å². The number of hydrogen-bond acceptors (Lipinski definition) is 4. The average Bonchev–Trinajstić information content (AvgIpc) is 3.24. The van der Waals surface area contributed by atoms with Gasteiger partial charge in [-0.25, -0.2) is 0 Å². The summed E-state index contributed by atoms with van der Waals surface area (Å²) in [6.07, 6.45) is 3.01. The smallest absolute Gasteiger partial charge is 0.325 e. The molecule has 2 aromatic rings. The minimum absolute atomic E-state index is 0.150. The molecular weight excluding hydrogens is 298 g/mol. The zero-order valence-corrected chi connectivity index (χ0v) is 12.7. The number of para-hydroxylation sites is 1. The largest absolute Gasteiger partial charge is 0.496 e. The molecule has 1 aliphatic rings. The van der Waals surface area contributed by atoms with Gasteiger partial charge in [-0.05, 0) is 18.9 Å². The van der Waals surface area contributed by atoms with Crippen LogP contribution in [0.4, 0.5) is 5.82 Å². The third-order valence-electron chi connectivity index (χ3n) is 3.99. The molecule has 0 bridgehead atoms. The molecule has 1 saturated carbocycles. The van der Waals surface area contributed by atoms with Gasteiger partial charge >= 0.3 is 5.97 Å². The quantitative estimate of drug-likeness (QED) is 0.845. The van der Waals surface area contributed by atoms with Crippen LogP contribution >= 0.6 is 0 Å². The maximum atomic E-state index is 12.7. The fourth-order valence-electron chi connectivity index (χ4n) is 2.67. The number of benzene rings is 1. The van der Waals surface area contributed by atoms with Crippen molar-refractivity contribution in [2.45, 2.75) is 24.8 Å². The Hall–Kier alpha value is -2.83. The number of nitrogens with zero attached hydrogens (tertiary/aromatic N) is 2. The zero-order valence-electron chi connectivity index (χ0n) is 12.7. The van der Waals surface area contributed by atoms with Crippen LogP contribution in [0, 0.1) is 0 Å². The van der Waals surface area contributed by atoms with Crippen molar-refractivity contribution < 1.29 is 19.4 Å². The molecule has 1 aromatic carbocycles. The van der Waals surface area contributed by atoms with E-state index in [9.17, 15) is 9.59 Å². The van der Waals surface area contributed by atoms with E-state index >= 15 is 0 Å². The Morgan fingerprint density at radius 1 is 1.35 bits per heavy atom. The predicted molar refractivity (Wildman–Crippen MR) is 82.4 cm³/mol. The van der Waals surface area contributed by atoms with E-state index in [1.54, 1.807) is 13.2 Å². The van der Waals surface area contributed by atoms with Crippen molar-refractivity contribution in [1.29, 1.82) is 0 Å². The lowest BCUT2D eigenvalue weighted by molar-refractivity contribution is -0.137. The van der Waals surface area contributed by atoms with Gasteiger partial charge in [0.2, 0.25) is 5.91 Å². The van der Waals surface area contributed by atoms with Crippen LogP contribution in [0.15, 0.2) is 36.5 Å². The molecule has 1 aliphatic carbocycles. The summed E-state index contributed by atoms with van der Waals surface area (Å²) in [6, 6.07) is 9.06. The third-order valence-corrected chi connectivity index (χ3v) is 3.99. The first-order valence-electron chi connectivity index (χ1n) is 7.25. The number of ether oxygens (including phenoxy) is 1. The minimum atomic E-state index is -0.987. The van der Waals surface area contributed by atoms with E-state index in [2.05, 4.69) is 10.4 Å². The fraction of sp³-hybridized carbons (Fsp3) is 0.312. The van der Waals surface area contributed by atoms with Crippen molar-refractivity contribution in [3.63, 3.8) is 0 Å². The number of methoxy groups -OCH3 is 1. The van der Waals surface area contributed by atoms with E-state index in [1.165, 1.54) is 10.9 Å². The van der Waals surface area contributed by atoms with Crippen molar-refractivity contribution in [2.24, 2.45) is 0 Å². The molecule has 23 heavy (non-hydrogen) atoms. The molecule has 1 heterocycles. The molecule has 1 fully saturated rings. The number of carboxylic acid groups (broad SMARTS) is 1. The first-order valence-corrected chi connectivity index (χ1v) is 7.25. The second-order valence-corrected chi connectivity index (χ2v) is 5.53. The van der Waals surface area contributed by atoms with Gasteiger partial charge in [0.1, 0.15) is 12.3 Å². The second kappa shape index (κ2) is 5.75. The Morgan fingerprint density at radius 2 is 2.09 bits per heavy atom. The third kappa shape index (κ3) is 2.90. The standard InChI is InChI=1S/C16H17N3O4/c1-23-12-5-3-2-4-11(12)16(7-8-16)15(22)17-13-6-9-19(18-13)10-14(20)21/h2-6,9H,7-8,10H2,1H3,(H,20,21)(H,17,18,22). The molecule has 1 amide bonds. The number of amides is 1. The molecule has 0 spiro atoms. The zero-order chi connectivity index (χ0) is 16.4. The second-order valence-electron chi connectivity index (χ2n) is 5.53. The number of aromatic nitrogens is 2. The Kier molecular flexibility index (Phi) is 3.77. The van der Waals surface area contributed by atoms with Crippen molar-refractivity contribution in [2.75, 3.05) is 12.4 Å². The lowest BCUT2D eigenvalue weighted by Crippen LogP contribution is -2.28. The summed E-state index contributed by atoms with van der Waals surface area (Å²) in [4.78, 5) is 23.3. The fourth-order valence-corrected chi connectivity index (χ4v) is 2.67. The lowest BCUT2D eigenvalue weighted by atomic mass is 9.94. The van der Waals surface area contributed by atoms with Gasteiger partial charge < -0.3 is 15.2 Å². The van der Waals surface area contributed by atoms with E-state index in [0.29, 0.717) is 11.6 Å². The molecular formula is C16H17N3O4. The number of rotatable bonds is 6. The van der Waals surface area contributed by atoms with Crippen LogP contribution in [0.25, 0.3) is 0 Å². The highest BCUT2D eigenvalue weighted by Gasteiger charge is 2.52. The van der Waals surface area contributed by atoms with Crippen LogP contribution in [0.3, 0.4) is 0 Å². The Bertz CT molecular complexity index is 749. The topological polar surface area (TPSA) is 93.5 Å². The van der Waals surface area contributed by atoms with Crippen molar-refractivity contribution in [3.8, 4) is 5.75 Å². The molecule has 0 aliphatic heterocycles. The normalized spacial score (nSPS) is 15.0. The van der Waals surface area contributed by atoms with Gasteiger partial charge in [0.05, 0.1) is 12.5 Å². The maximum absolute atomic E-state index is 12.7. The maximum Gasteiger partial charge on any atom is 0.325 e. The summed E-state index contributed by atoms with van der Waals surface area (Å²) in [5.41, 5.74) is 0.272. The van der Waals surface area contributed by atoms with Crippen molar-refractivity contribution in [1.82, 2.24) is 9.78 Å². The number of anilines is 1. The Balaban J connectivity index is 1.78. The number of carboxylic acids is 1. The SMILES string of the molecule is COc1ccccc1C1(C(=O)Nc2ccn(CC(=O)O)n2)CC1. The molecule has 7 heteroatoms. The van der Waals surface area contributed by atoms with E-state index in [4.69, 9.17) is 9.84 Å². The number of nitrogens with one attached hydrogen (secondary N) is 1. The molecule has 0 radical (unpaired) electrons. The van der Waals surface area contributed by atoms with Gasteiger partial charge in [-0.1, -0.05) is 18.2 Å². The molecule has 0 unspecified atom stereocenters. The molecule has 0 atom stereocenters. The highest BCUT2D eigenvalue weighted by molar-refractivity contribution is 6.01. The van der Waals surface area contributed by atoms with Crippen LogP contribution in [0.5, 0.6) is 5.75 Å². The van der Waals surface area contributed by atoms with E-state index in [-0.39, 0.29) is 12.5 Å². The van der Waals surface area contributed by atoms with Gasteiger partial charge in [0, 0.05) is 17.8 Å². The van der Waals surface area contributed by atoms with Gasteiger partial charge in [0.15, 0.2) is 5.82 Å². The Morgan fingerprint density at radius 3 is 2.74 bits per heavy atom. The number of carbonyl (C=O) groups is 2. The van der Waals surface area contributed by atoms with Gasteiger partial charge in [-0.2, -0.15) is 5.10 Å². The van der Waals surface area contributed by atoms with Crippen molar-refractivity contribution >= 4 is 17.7 Å². The van der Waals surface area contributed by atoms with Crippen LogP contribution in [0.1, 0.15) is 18.4 Å². The highest BCUT2D eigenvalue weighted by Crippen LogP contribution is 2.51. The summed E-state index contributed by atoms with van der Waals surface area (Å²) in [5, 5.41) is 15.6. The van der Waals surface area contributed by atoms with Crippen LogP contribution in [0.2, 0.25) is 0 Å². The summed E-state index contributed by atoms with van der Waals surface area (Å²) in [6.45, 7) is -0.243. The van der Waals surface area contributed by atoms with Gasteiger partial charge in [-0.3, -0.25) is 14.3 Å². The van der Waals surface area contributed by atoms with Crippen LogP contribution < -0.4 is 10.1 Å². The number of aliphatic carboxylic acids is 1. The van der Waals surface area contributed by atoms with E-state index < -0.39 is 11.4 Å². The van der Waals surface area contributed by atoms with Gasteiger partial charge in [-0.15, -0.1) is 0 Å². The molecule has 2 N–H and O–H groups in total. The lowest BCUT2D eigenvalue weighted by Gasteiger charge is -2.17. The number of hydrogen-bond donors (Lipinski definition) is 2. The van der Waals surface area contributed by atoms with E-state index in [0.717, 1.165) is 18.4 Å². The Labute approximate surface area is 132 Å².